The van der Waals surface area contributed by atoms with Gasteiger partial charge in [0.05, 0.1) is 0 Å². The second-order valence-corrected chi connectivity index (χ2v) is 6.96. The zero-order chi connectivity index (χ0) is 17.1. The Hall–Kier alpha value is -2.43. The molecule has 0 aliphatic carbocycles. The first kappa shape index (κ1) is 16.1. The fourth-order valence-corrected chi connectivity index (χ4v) is 3.90. The van der Waals surface area contributed by atoms with E-state index < -0.39 is 0 Å². The topological polar surface area (TPSA) is 49.3 Å². The van der Waals surface area contributed by atoms with E-state index in [0.29, 0.717) is 5.69 Å². The molecule has 1 amide bonds. The lowest BCUT2D eigenvalue weighted by Gasteiger charge is -2.24. The average Bonchev–Trinajstić information content (AvgIpc) is 3.34. The van der Waals surface area contributed by atoms with Crippen molar-refractivity contribution < 1.29 is 4.79 Å². The number of benzene rings is 1. The van der Waals surface area contributed by atoms with Crippen LogP contribution in [0.15, 0.2) is 42.5 Å². The maximum absolute atomic E-state index is 12.9. The molecule has 0 unspecified atom stereocenters. The molecular formula is C20H24N4O. The summed E-state index contributed by atoms with van der Waals surface area (Å²) in [6.07, 6.45) is 5.43. The highest BCUT2D eigenvalue weighted by molar-refractivity contribution is 5.92. The summed E-state index contributed by atoms with van der Waals surface area (Å²) >= 11 is 0. The van der Waals surface area contributed by atoms with Gasteiger partial charge in [0.15, 0.2) is 11.5 Å². The molecule has 1 aromatic carbocycles. The van der Waals surface area contributed by atoms with Gasteiger partial charge in [-0.15, -0.1) is 10.2 Å². The monoisotopic (exact) mass is 336 g/mol. The van der Waals surface area contributed by atoms with E-state index in [0.717, 1.165) is 44.7 Å². The van der Waals surface area contributed by atoms with Crippen LogP contribution in [0.3, 0.4) is 0 Å². The van der Waals surface area contributed by atoms with Gasteiger partial charge in [-0.1, -0.05) is 30.3 Å². The summed E-state index contributed by atoms with van der Waals surface area (Å²) in [5.41, 5.74) is 1.74. The summed E-state index contributed by atoms with van der Waals surface area (Å²) in [5.74, 6) is 0.898. The fraction of sp³-hybridized carbons (Fsp3) is 0.450. The maximum atomic E-state index is 12.9. The zero-order valence-corrected chi connectivity index (χ0v) is 14.5. The lowest BCUT2D eigenvalue weighted by Crippen LogP contribution is -2.37. The predicted molar refractivity (Wildman–Crippen MR) is 97.7 cm³/mol. The number of hydrogen-bond donors (Lipinski definition) is 0. The van der Waals surface area contributed by atoms with Crippen molar-refractivity contribution in [2.45, 2.75) is 38.1 Å². The number of nitrogens with zero attached hydrogens (tertiary/aromatic N) is 4. The van der Waals surface area contributed by atoms with Crippen molar-refractivity contribution >= 4 is 11.7 Å². The molecule has 0 bridgehead atoms. The second-order valence-electron chi connectivity index (χ2n) is 6.96. The Morgan fingerprint density at radius 2 is 1.76 bits per heavy atom. The molecule has 0 N–H and O–H groups in total. The van der Waals surface area contributed by atoms with Crippen LogP contribution in [0, 0.1) is 0 Å². The summed E-state index contributed by atoms with van der Waals surface area (Å²) in [6.45, 7) is 2.88. The molecule has 1 aromatic heterocycles. The van der Waals surface area contributed by atoms with Crippen molar-refractivity contribution in [1.82, 2.24) is 15.1 Å². The quantitative estimate of drug-likeness (QED) is 0.861. The van der Waals surface area contributed by atoms with Gasteiger partial charge in [-0.05, 0) is 49.8 Å². The summed E-state index contributed by atoms with van der Waals surface area (Å²) in [7, 11) is 0. The van der Waals surface area contributed by atoms with Gasteiger partial charge in [-0.3, -0.25) is 4.79 Å². The molecule has 1 atom stereocenters. The molecule has 2 aromatic rings. The minimum Gasteiger partial charge on any atom is -0.355 e. The van der Waals surface area contributed by atoms with Crippen LogP contribution in [0.1, 0.15) is 41.7 Å². The van der Waals surface area contributed by atoms with Gasteiger partial charge in [0.1, 0.15) is 0 Å². The number of likely N-dealkylation sites (tertiary alicyclic amines) is 1. The van der Waals surface area contributed by atoms with Crippen LogP contribution in [-0.2, 0) is 6.42 Å². The van der Waals surface area contributed by atoms with E-state index >= 15 is 0 Å². The molecule has 0 spiro atoms. The van der Waals surface area contributed by atoms with Crippen LogP contribution >= 0.6 is 0 Å². The normalized spacial score (nSPS) is 20.2. The summed E-state index contributed by atoms with van der Waals surface area (Å²) < 4.78 is 0. The van der Waals surface area contributed by atoms with Crippen molar-refractivity contribution in [1.29, 1.82) is 0 Å². The van der Waals surface area contributed by atoms with Crippen LogP contribution in [0.25, 0.3) is 0 Å². The molecule has 5 nitrogen and oxygen atoms in total. The number of hydrogen-bond acceptors (Lipinski definition) is 4. The minimum absolute atomic E-state index is 0.0129. The third-order valence-electron chi connectivity index (χ3n) is 5.25. The molecule has 130 valence electrons. The number of anilines is 1. The highest BCUT2D eigenvalue weighted by Crippen LogP contribution is 2.23. The molecule has 2 fully saturated rings. The van der Waals surface area contributed by atoms with Gasteiger partial charge in [-0.25, -0.2) is 0 Å². The third-order valence-corrected chi connectivity index (χ3v) is 5.25. The highest BCUT2D eigenvalue weighted by atomic mass is 16.2. The highest BCUT2D eigenvalue weighted by Gasteiger charge is 2.30. The van der Waals surface area contributed by atoms with Crippen molar-refractivity contribution in [3.05, 3.63) is 53.7 Å². The van der Waals surface area contributed by atoms with Crippen LogP contribution in [-0.4, -0.2) is 46.7 Å². The standard InChI is InChI=1S/C20H24N4O/c25-20(18-10-11-19(22-21-18)23-12-4-5-13-23)24-14-6-9-17(24)15-16-7-2-1-3-8-16/h1-3,7-8,10-11,17H,4-6,9,12-15H2/t17-/m0/s1. The minimum atomic E-state index is 0.0129. The Bertz CT molecular complexity index is 710. The van der Waals surface area contributed by atoms with Crippen molar-refractivity contribution in [3.8, 4) is 0 Å². The Morgan fingerprint density at radius 3 is 2.48 bits per heavy atom. The van der Waals surface area contributed by atoms with Gasteiger partial charge in [0.25, 0.3) is 5.91 Å². The Labute approximate surface area is 148 Å². The molecule has 0 radical (unpaired) electrons. The first-order valence-electron chi connectivity index (χ1n) is 9.25. The van der Waals surface area contributed by atoms with E-state index in [1.165, 1.54) is 18.4 Å². The van der Waals surface area contributed by atoms with E-state index in [2.05, 4.69) is 39.4 Å². The Balaban J connectivity index is 1.45. The SMILES string of the molecule is O=C(c1ccc(N2CCCC2)nn1)N1CCC[C@H]1Cc1ccccc1. The lowest BCUT2D eigenvalue weighted by molar-refractivity contribution is 0.0729. The molecule has 2 aliphatic rings. The molecule has 5 heteroatoms. The summed E-state index contributed by atoms with van der Waals surface area (Å²) in [5, 5.41) is 8.52. The second kappa shape index (κ2) is 7.21. The van der Waals surface area contributed by atoms with E-state index in [4.69, 9.17) is 0 Å². The Kier molecular flexibility index (Phi) is 4.63. The van der Waals surface area contributed by atoms with Gasteiger partial charge in [-0.2, -0.15) is 0 Å². The van der Waals surface area contributed by atoms with Crippen molar-refractivity contribution in [3.63, 3.8) is 0 Å². The number of amides is 1. The largest absolute Gasteiger partial charge is 0.355 e. The van der Waals surface area contributed by atoms with E-state index in [9.17, 15) is 4.79 Å². The van der Waals surface area contributed by atoms with Crippen LogP contribution in [0.5, 0.6) is 0 Å². The van der Waals surface area contributed by atoms with E-state index in [1.807, 2.05) is 23.1 Å². The molecule has 4 rings (SSSR count). The summed E-state index contributed by atoms with van der Waals surface area (Å²) in [4.78, 5) is 17.1. The van der Waals surface area contributed by atoms with Crippen LogP contribution in [0.4, 0.5) is 5.82 Å². The fourth-order valence-electron chi connectivity index (χ4n) is 3.90. The first-order valence-corrected chi connectivity index (χ1v) is 9.25. The molecule has 25 heavy (non-hydrogen) atoms. The molecule has 0 saturated carbocycles. The average molecular weight is 336 g/mol. The molecular weight excluding hydrogens is 312 g/mol. The van der Waals surface area contributed by atoms with Gasteiger partial charge in [0, 0.05) is 25.7 Å². The van der Waals surface area contributed by atoms with Crippen molar-refractivity contribution in [2.24, 2.45) is 0 Å². The third kappa shape index (κ3) is 3.50. The van der Waals surface area contributed by atoms with Crippen LogP contribution in [0.2, 0.25) is 0 Å². The van der Waals surface area contributed by atoms with Gasteiger partial charge >= 0.3 is 0 Å². The first-order chi connectivity index (χ1) is 12.3. The predicted octanol–water partition coefficient (Wildman–Crippen LogP) is 2.92. The molecule has 2 aliphatic heterocycles. The van der Waals surface area contributed by atoms with Gasteiger partial charge < -0.3 is 9.80 Å². The van der Waals surface area contributed by atoms with Gasteiger partial charge in [0.2, 0.25) is 0 Å². The van der Waals surface area contributed by atoms with E-state index in [-0.39, 0.29) is 11.9 Å². The molecule has 2 saturated heterocycles. The number of aromatic nitrogens is 2. The molecule has 3 heterocycles. The van der Waals surface area contributed by atoms with Crippen LogP contribution < -0.4 is 4.90 Å². The van der Waals surface area contributed by atoms with Crippen molar-refractivity contribution in [2.75, 3.05) is 24.5 Å². The number of carbonyl (C=O) groups is 1. The lowest BCUT2D eigenvalue weighted by atomic mass is 10.0. The van der Waals surface area contributed by atoms with E-state index in [1.54, 1.807) is 0 Å². The maximum Gasteiger partial charge on any atom is 0.274 e. The number of carbonyl (C=O) groups excluding carboxylic acids is 1. The smallest absolute Gasteiger partial charge is 0.274 e. The zero-order valence-electron chi connectivity index (χ0n) is 14.5. The Morgan fingerprint density at radius 1 is 0.960 bits per heavy atom. The number of rotatable bonds is 4. The summed E-state index contributed by atoms with van der Waals surface area (Å²) in [6, 6.07) is 14.4.